The van der Waals surface area contributed by atoms with E-state index in [1.165, 1.54) is 24.3 Å². The second kappa shape index (κ2) is 6.21. The van der Waals surface area contributed by atoms with Gasteiger partial charge in [0.2, 0.25) is 7.12 Å². The summed E-state index contributed by atoms with van der Waals surface area (Å²) in [5.41, 5.74) is 0.0799. The van der Waals surface area contributed by atoms with E-state index >= 15 is 0 Å². The van der Waals surface area contributed by atoms with Crippen molar-refractivity contribution < 1.29 is 19.7 Å². The number of hydrogen-bond acceptors (Lipinski definition) is 5. The topological polar surface area (TPSA) is 95.7 Å². The minimum absolute atomic E-state index is 0.0539. The lowest BCUT2D eigenvalue weighted by Gasteiger charge is -2.19. The Morgan fingerprint density at radius 1 is 1.50 bits per heavy atom. The summed E-state index contributed by atoms with van der Waals surface area (Å²) in [6, 6.07) is 5.41. The molecule has 0 radical (unpaired) electrons. The van der Waals surface area contributed by atoms with Crippen molar-refractivity contribution in [2.75, 3.05) is 13.2 Å². The predicted molar refractivity (Wildman–Crippen MR) is 56.1 cm³/mol. The molecule has 0 saturated carbocycles. The Morgan fingerprint density at radius 3 is 2.88 bits per heavy atom. The van der Waals surface area contributed by atoms with Crippen molar-refractivity contribution in [3.8, 4) is 0 Å². The summed E-state index contributed by atoms with van der Waals surface area (Å²) >= 11 is 0. The average molecular weight is 224 g/mol. The van der Waals surface area contributed by atoms with Crippen LogP contribution in [-0.2, 0) is 4.65 Å². The van der Waals surface area contributed by atoms with Crippen molar-refractivity contribution in [2.24, 2.45) is 0 Å². The van der Waals surface area contributed by atoms with Crippen LogP contribution in [-0.4, -0.2) is 30.4 Å². The molecule has 0 aromatic heterocycles. The molecule has 1 aromatic carbocycles. The molecule has 86 valence electrons. The molecule has 6 nitrogen and oxygen atoms in total. The molecule has 0 atom stereocenters. The van der Waals surface area contributed by atoms with Crippen molar-refractivity contribution >= 4 is 18.3 Å². The molecule has 0 aliphatic carbocycles. The Hall–Kier alpha value is -1.44. The van der Waals surface area contributed by atoms with Gasteiger partial charge in [-0.25, -0.2) is 0 Å². The molecule has 0 aliphatic rings. The fourth-order valence-corrected chi connectivity index (χ4v) is 1.14. The first kappa shape index (κ1) is 12.6. The molecular formula is C9H11BNO5-. The fourth-order valence-electron chi connectivity index (χ4n) is 1.14. The van der Waals surface area contributed by atoms with E-state index in [2.05, 4.69) is 0 Å². The third kappa shape index (κ3) is 3.61. The van der Waals surface area contributed by atoms with E-state index in [0.29, 0.717) is 6.42 Å². The largest absolute Gasteiger partial charge is 0.853 e. The Bertz CT molecular complexity index is 360. The number of nitro groups is 1. The Balaban J connectivity index is 2.64. The SMILES string of the molecule is O=[N+]([O-])c1cccc(B([O-])OCCCO)c1. The maximum atomic E-state index is 11.5. The molecule has 0 bridgehead atoms. The second-order valence-corrected chi connectivity index (χ2v) is 3.13. The van der Waals surface area contributed by atoms with Gasteiger partial charge in [0.25, 0.3) is 5.69 Å². The van der Waals surface area contributed by atoms with Gasteiger partial charge in [-0.05, 0) is 6.42 Å². The fraction of sp³-hybridized carbons (Fsp3) is 0.333. The second-order valence-electron chi connectivity index (χ2n) is 3.13. The molecule has 0 aliphatic heterocycles. The van der Waals surface area contributed by atoms with Crippen LogP contribution < -0.4 is 10.5 Å². The number of rotatable bonds is 6. The van der Waals surface area contributed by atoms with Gasteiger partial charge >= 0.3 is 0 Å². The van der Waals surface area contributed by atoms with Crippen LogP contribution in [0.25, 0.3) is 0 Å². The van der Waals surface area contributed by atoms with Gasteiger partial charge < -0.3 is 14.8 Å². The highest BCUT2D eigenvalue weighted by Gasteiger charge is 2.09. The van der Waals surface area contributed by atoms with Crippen LogP contribution >= 0.6 is 0 Å². The molecule has 0 fully saturated rings. The highest BCUT2D eigenvalue weighted by atomic mass is 16.6. The molecule has 1 rings (SSSR count). The molecule has 0 unspecified atom stereocenters. The summed E-state index contributed by atoms with van der Waals surface area (Å²) in [5.74, 6) is 0. The average Bonchev–Trinajstić information content (AvgIpc) is 2.29. The molecule has 0 spiro atoms. The van der Waals surface area contributed by atoms with Gasteiger partial charge in [-0.15, -0.1) is 0 Å². The van der Waals surface area contributed by atoms with Gasteiger partial charge in [0.1, 0.15) is 0 Å². The van der Waals surface area contributed by atoms with E-state index < -0.39 is 12.0 Å². The van der Waals surface area contributed by atoms with Crippen molar-refractivity contribution in [1.82, 2.24) is 0 Å². The smallest absolute Gasteiger partial charge is 0.268 e. The number of aliphatic hydroxyl groups excluding tert-OH is 1. The lowest BCUT2D eigenvalue weighted by atomic mass is 9.79. The first-order valence-electron chi connectivity index (χ1n) is 4.78. The number of non-ortho nitro benzene ring substituents is 1. The van der Waals surface area contributed by atoms with E-state index in [-0.39, 0.29) is 24.4 Å². The summed E-state index contributed by atoms with van der Waals surface area (Å²) in [6.45, 7) is 0.0784. The molecule has 7 heteroatoms. The van der Waals surface area contributed by atoms with Crippen LogP contribution in [0.1, 0.15) is 6.42 Å². The van der Waals surface area contributed by atoms with Crippen LogP contribution in [0.5, 0.6) is 0 Å². The van der Waals surface area contributed by atoms with Gasteiger partial charge in [0.15, 0.2) is 0 Å². The summed E-state index contributed by atoms with van der Waals surface area (Å²) in [5, 5.41) is 30.4. The van der Waals surface area contributed by atoms with Crippen LogP contribution in [0.3, 0.4) is 0 Å². The molecule has 0 heterocycles. The highest BCUT2D eigenvalue weighted by Crippen LogP contribution is 2.06. The van der Waals surface area contributed by atoms with Gasteiger partial charge in [-0.1, -0.05) is 17.6 Å². The number of aliphatic hydroxyl groups is 1. The summed E-state index contributed by atoms with van der Waals surface area (Å²) < 4.78 is 4.87. The Morgan fingerprint density at radius 2 is 2.25 bits per heavy atom. The van der Waals surface area contributed by atoms with Crippen LogP contribution in [0.15, 0.2) is 24.3 Å². The zero-order valence-corrected chi connectivity index (χ0v) is 8.54. The zero-order valence-electron chi connectivity index (χ0n) is 8.54. The van der Waals surface area contributed by atoms with E-state index in [9.17, 15) is 15.1 Å². The number of nitrogens with zero attached hydrogens (tertiary/aromatic N) is 1. The highest BCUT2D eigenvalue weighted by molar-refractivity contribution is 6.58. The minimum atomic E-state index is -1.45. The molecule has 0 amide bonds. The van der Waals surface area contributed by atoms with Crippen LogP contribution in [0.4, 0.5) is 5.69 Å². The third-order valence-electron chi connectivity index (χ3n) is 1.92. The molecule has 0 saturated heterocycles. The molecular weight excluding hydrogens is 213 g/mol. The third-order valence-corrected chi connectivity index (χ3v) is 1.92. The van der Waals surface area contributed by atoms with Gasteiger partial charge in [0, 0.05) is 25.3 Å². The predicted octanol–water partition coefficient (Wildman–Crippen LogP) is -0.951. The standard InChI is InChI=1S/C9H11BNO5/c12-5-2-6-16-10(13)8-3-1-4-9(7-8)11(14)15/h1,3-4,7,12H,2,5-6H2/q-1. The maximum Gasteiger partial charge on any atom is 0.268 e. The minimum Gasteiger partial charge on any atom is -0.853 e. The maximum absolute atomic E-state index is 11.5. The van der Waals surface area contributed by atoms with Crippen LogP contribution in [0, 0.1) is 10.1 Å². The van der Waals surface area contributed by atoms with Crippen molar-refractivity contribution in [3.05, 3.63) is 34.4 Å². The molecule has 16 heavy (non-hydrogen) atoms. The van der Waals surface area contributed by atoms with Crippen molar-refractivity contribution in [3.63, 3.8) is 0 Å². The summed E-state index contributed by atoms with van der Waals surface area (Å²) in [4.78, 5) is 9.90. The lowest BCUT2D eigenvalue weighted by Crippen LogP contribution is -2.46. The number of benzene rings is 1. The van der Waals surface area contributed by atoms with Crippen molar-refractivity contribution in [2.45, 2.75) is 6.42 Å². The van der Waals surface area contributed by atoms with Gasteiger partial charge in [-0.3, -0.25) is 10.1 Å². The number of nitro benzene ring substituents is 1. The normalized spacial score (nSPS) is 10.1. The first-order valence-corrected chi connectivity index (χ1v) is 4.78. The van der Waals surface area contributed by atoms with E-state index in [0.717, 1.165) is 0 Å². The molecule has 1 N–H and O–H groups in total. The summed E-state index contributed by atoms with van der Waals surface area (Å²) in [7, 11) is -1.45. The zero-order chi connectivity index (χ0) is 12.0. The lowest BCUT2D eigenvalue weighted by molar-refractivity contribution is -0.384. The Kier molecular flexibility index (Phi) is 4.91. The van der Waals surface area contributed by atoms with E-state index in [1.54, 1.807) is 0 Å². The first-order chi connectivity index (χ1) is 7.65. The molecule has 1 aromatic rings. The number of hydrogen-bond donors (Lipinski definition) is 1. The quantitative estimate of drug-likeness (QED) is 0.291. The van der Waals surface area contributed by atoms with E-state index in [1.807, 2.05) is 0 Å². The monoisotopic (exact) mass is 224 g/mol. The Labute approximate surface area is 92.8 Å². The summed E-state index contributed by atoms with van der Waals surface area (Å²) in [6.07, 6.45) is 0.369. The van der Waals surface area contributed by atoms with Gasteiger partial charge in [0.05, 0.1) is 4.92 Å². The van der Waals surface area contributed by atoms with Crippen molar-refractivity contribution in [1.29, 1.82) is 0 Å². The van der Waals surface area contributed by atoms with Crippen LogP contribution in [0.2, 0.25) is 0 Å². The van der Waals surface area contributed by atoms with Gasteiger partial charge in [-0.2, -0.15) is 0 Å². The van der Waals surface area contributed by atoms with E-state index in [4.69, 9.17) is 9.76 Å².